The fourth-order valence-corrected chi connectivity index (χ4v) is 3.34. The van der Waals surface area contributed by atoms with Crippen molar-refractivity contribution in [2.24, 2.45) is 0 Å². The van der Waals surface area contributed by atoms with Crippen LogP contribution in [0.25, 0.3) is 0 Å². The van der Waals surface area contributed by atoms with Crippen LogP contribution in [0.2, 0.25) is 5.02 Å². The standard InChI is InChI=1S/C14H15ClIN3S/c1-2-5-10-13(16)14(17)19-12(18-10)8-20-11-7-4-3-6-9(11)15/h3-4,6-7H,2,5,8H2,1H3,(H2,17,18,19). The van der Waals surface area contributed by atoms with Gasteiger partial charge in [0.05, 0.1) is 20.0 Å². The zero-order valence-corrected chi connectivity index (χ0v) is 14.8. The molecular formula is C14H15ClIN3S. The summed E-state index contributed by atoms with van der Waals surface area (Å²) in [6.07, 6.45) is 1.97. The third kappa shape index (κ3) is 3.99. The van der Waals surface area contributed by atoms with E-state index < -0.39 is 0 Å². The van der Waals surface area contributed by atoms with Crippen molar-refractivity contribution in [3.8, 4) is 0 Å². The molecule has 106 valence electrons. The van der Waals surface area contributed by atoms with Gasteiger partial charge in [0.15, 0.2) is 0 Å². The number of aromatic nitrogens is 2. The van der Waals surface area contributed by atoms with E-state index in [0.717, 1.165) is 37.8 Å². The Kier molecular flexibility index (Phi) is 5.92. The summed E-state index contributed by atoms with van der Waals surface area (Å²) in [7, 11) is 0. The second kappa shape index (κ2) is 7.47. The van der Waals surface area contributed by atoms with Gasteiger partial charge in [-0.1, -0.05) is 37.1 Å². The van der Waals surface area contributed by atoms with E-state index in [4.69, 9.17) is 17.3 Å². The molecule has 1 heterocycles. The van der Waals surface area contributed by atoms with Gasteiger partial charge in [-0.05, 0) is 41.1 Å². The number of benzene rings is 1. The quantitative estimate of drug-likeness (QED) is 0.570. The predicted octanol–water partition coefficient (Wildman–Crippen LogP) is 4.56. The van der Waals surface area contributed by atoms with Gasteiger partial charge < -0.3 is 5.73 Å². The van der Waals surface area contributed by atoms with Crippen LogP contribution in [0.4, 0.5) is 5.82 Å². The molecule has 6 heteroatoms. The van der Waals surface area contributed by atoms with Gasteiger partial charge in [0.2, 0.25) is 0 Å². The summed E-state index contributed by atoms with van der Waals surface area (Å²) in [5.74, 6) is 2.00. The minimum atomic E-state index is 0.568. The monoisotopic (exact) mass is 419 g/mol. The summed E-state index contributed by atoms with van der Waals surface area (Å²) in [5.41, 5.74) is 6.99. The van der Waals surface area contributed by atoms with Gasteiger partial charge in [-0.25, -0.2) is 9.97 Å². The van der Waals surface area contributed by atoms with E-state index in [2.05, 4.69) is 39.5 Å². The van der Waals surface area contributed by atoms with E-state index in [1.165, 1.54) is 0 Å². The molecule has 0 atom stereocenters. The van der Waals surface area contributed by atoms with Crippen LogP contribution in [-0.4, -0.2) is 9.97 Å². The van der Waals surface area contributed by atoms with Crippen molar-refractivity contribution in [3.05, 3.63) is 44.4 Å². The average molecular weight is 420 g/mol. The first-order valence-electron chi connectivity index (χ1n) is 6.30. The molecule has 0 aliphatic rings. The van der Waals surface area contributed by atoms with E-state index in [-0.39, 0.29) is 0 Å². The topological polar surface area (TPSA) is 51.8 Å². The second-order valence-electron chi connectivity index (χ2n) is 4.25. The van der Waals surface area contributed by atoms with Crippen LogP contribution in [0.1, 0.15) is 24.9 Å². The molecule has 0 spiro atoms. The van der Waals surface area contributed by atoms with Gasteiger partial charge in [0.25, 0.3) is 0 Å². The maximum Gasteiger partial charge on any atom is 0.141 e. The van der Waals surface area contributed by atoms with Gasteiger partial charge in [-0.3, -0.25) is 0 Å². The van der Waals surface area contributed by atoms with Crippen LogP contribution in [0.3, 0.4) is 0 Å². The number of hydrogen-bond donors (Lipinski definition) is 1. The molecule has 1 aromatic carbocycles. The molecule has 20 heavy (non-hydrogen) atoms. The molecule has 1 aromatic heterocycles. The first kappa shape index (κ1) is 15.9. The highest BCUT2D eigenvalue weighted by Gasteiger charge is 2.10. The average Bonchev–Trinajstić information content (AvgIpc) is 2.43. The Morgan fingerprint density at radius 3 is 2.75 bits per heavy atom. The van der Waals surface area contributed by atoms with Crippen molar-refractivity contribution >= 4 is 51.8 Å². The zero-order valence-electron chi connectivity index (χ0n) is 11.1. The molecule has 0 aliphatic heterocycles. The highest BCUT2D eigenvalue weighted by atomic mass is 127. The highest BCUT2D eigenvalue weighted by molar-refractivity contribution is 14.1. The summed E-state index contributed by atoms with van der Waals surface area (Å²) in [4.78, 5) is 9.99. The third-order valence-corrected chi connectivity index (χ3v) is 5.36. The Morgan fingerprint density at radius 2 is 2.05 bits per heavy atom. The molecule has 2 rings (SSSR count). The fourth-order valence-electron chi connectivity index (χ4n) is 1.74. The van der Waals surface area contributed by atoms with Crippen LogP contribution < -0.4 is 5.73 Å². The molecule has 0 fully saturated rings. The zero-order chi connectivity index (χ0) is 14.5. The minimum absolute atomic E-state index is 0.568. The van der Waals surface area contributed by atoms with Gasteiger partial charge in [-0.2, -0.15) is 0 Å². The van der Waals surface area contributed by atoms with E-state index in [9.17, 15) is 0 Å². The summed E-state index contributed by atoms with van der Waals surface area (Å²) >= 11 is 9.98. The Labute approximate surface area is 141 Å². The van der Waals surface area contributed by atoms with Crippen LogP contribution in [0, 0.1) is 3.57 Å². The van der Waals surface area contributed by atoms with E-state index in [0.29, 0.717) is 11.6 Å². The first-order valence-corrected chi connectivity index (χ1v) is 8.74. The molecule has 2 aromatic rings. The number of nitrogens with zero attached hydrogens (tertiary/aromatic N) is 2. The summed E-state index contributed by atoms with van der Waals surface area (Å²) in [6.45, 7) is 2.13. The minimum Gasteiger partial charge on any atom is -0.383 e. The second-order valence-corrected chi connectivity index (χ2v) is 6.76. The van der Waals surface area contributed by atoms with Gasteiger partial charge in [0, 0.05) is 4.90 Å². The summed E-state index contributed by atoms with van der Waals surface area (Å²) in [6, 6.07) is 7.77. The number of thioether (sulfide) groups is 1. The lowest BCUT2D eigenvalue weighted by Crippen LogP contribution is -2.06. The highest BCUT2D eigenvalue weighted by Crippen LogP contribution is 2.29. The Hall–Kier alpha value is -0.530. The fraction of sp³-hybridized carbons (Fsp3) is 0.286. The molecular weight excluding hydrogens is 405 g/mol. The van der Waals surface area contributed by atoms with Gasteiger partial charge >= 0.3 is 0 Å². The molecule has 0 bridgehead atoms. The number of nitrogens with two attached hydrogens (primary N) is 1. The van der Waals surface area contributed by atoms with Crippen molar-refractivity contribution in [1.82, 2.24) is 9.97 Å². The third-order valence-electron chi connectivity index (χ3n) is 2.67. The molecule has 0 saturated carbocycles. The van der Waals surface area contributed by atoms with Gasteiger partial charge in [-0.15, -0.1) is 11.8 Å². The van der Waals surface area contributed by atoms with Crippen LogP contribution in [-0.2, 0) is 12.2 Å². The first-order chi connectivity index (χ1) is 9.61. The number of hydrogen-bond acceptors (Lipinski definition) is 4. The van der Waals surface area contributed by atoms with Crippen LogP contribution >= 0.6 is 46.0 Å². The largest absolute Gasteiger partial charge is 0.383 e. The van der Waals surface area contributed by atoms with Gasteiger partial charge in [0.1, 0.15) is 11.6 Å². The number of aryl methyl sites for hydroxylation is 1. The number of halogens is 2. The molecule has 3 nitrogen and oxygen atoms in total. The Morgan fingerprint density at radius 1 is 1.30 bits per heavy atom. The maximum atomic E-state index is 6.14. The molecule has 0 radical (unpaired) electrons. The number of rotatable bonds is 5. The maximum absolute atomic E-state index is 6.14. The predicted molar refractivity (Wildman–Crippen MR) is 94.2 cm³/mol. The van der Waals surface area contributed by atoms with Crippen molar-refractivity contribution in [1.29, 1.82) is 0 Å². The lowest BCUT2D eigenvalue weighted by atomic mass is 10.2. The molecule has 0 amide bonds. The lowest BCUT2D eigenvalue weighted by Gasteiger charge is -2.08. The molecule has 0 aliphatic carbocycles. The Balaban J connectivity index is 2.16. The SMILES string of the molecule is CCCc1nc(CSc2ccccc2Cl)nc(N)c1I. The van der Waals surface area contributed by atoms with Crippen molar-refractivity contribution in [2.75, 3.05) is 5.73 Å². The Bertz CT molecular complexity index is 607. The van der Waals surface area contributed by atoms with Crippen LogP contribution in [0.5, 0.6) is 0 Å². The number of anilines is 1. The lowest BCUT2D eigenvalue weighted by molar-refractivity contribution is 0.848. The van der Waals surface area contributed by atoms with Crippen LogP contribution in [0.15, 0.2) is 29.2 Å². The summed E-state index contributed by atoms with van der Waals surface area (Å²) in [5, 5.41) is 0.754. The van der Waals surface area contributed by atoms with E-state index >= 15 is 0 Å². The smallest absolute Gasteiger partial charge is 0.141 e. The van der Waals surface area contributed by atoms with Crippen molar-refractivity contribution in [3.63, 3.8) is 0 Å². The van der Waals surface area contributed by atoms with E-state index in [1.54, 1.807) is 11.8 Å². The normalized spacial score (nSPS) is 10.8. The number of nitrogen functional groups attached to an aromatic ring is 1. The molecule has 0 unspecified atom stereocenters. The molecule has 0 saturated heterocycles. The molecule has 2 N–H and O–H groups in total. The summed E-state index contributed by atoms with van der Waals surface area (Å²) < 4.78 is 0.968. The van der Waals surface area contributed by atoms with Crippen molar-refractivity contribution in [2.45, 2.75) is 30.4 Å². The van der Waals surface area contributed by atoms with Crippen molar-refractivity contribution < 1.29 is 0 Å². The van der Waals surface area contributed by atoms with E-state index in [1.807, 2.05) is 24.3 Å².